The van der Waals surface area contributed by atoms with E-state index in [1.165, 1.54) is 0 Å². The maximum absolute atomic E-state index is 14.3. The van der Waals surface area contributed by atoms with Crippen LogP contribution in [0.15, 0.2) is 12.1 Å². The first-order valence-electron chi connectivity index (χ1n) is 15.8. The van der Waals surface area contributed by atoms with Gasteiger partial charge in [0.25, 0.3) is 0 Å². The Morgan fingerprint density at radius 1 is 1.04 bits per heavy atom. The lowest BCUT2D eigenvalue weighted by Gasteiger charge is -2.31. The van der Waals surface area contributed by atoms with Crippen LogP contribution < -0.4 is 16.0 Å². The minimum absolute atomic E-state index is 0.0128. The van der Waals surface area contributed by atoms with Crippen LogP contribution >= 0.6 is 0 Å². The Morgan fingerprint density at radius 2 is 1.65 bits per heavy atom. The summed E-state index contributed by atoms with van der Waals surface area (Å²) >= 11 is 0. The number of benzene rings is 1. The van der Waals surface area contributed by atoms with Crippen molar-refractivity contribution in [2.45, 2.75) is 90.1 Å². The van der Waals surface area contributed by atoms with E-state index in [9.17, 15) is 50.0 Å². The number of rotatable bonds is 17. The van der Waals surface area contributed by atoms with E-state index in [1.54, 1.807) is 34.6 Å². The van der Waals surface area contributed by atoms with Gasteiger partial charge in [-0.3, -0.25) is 14.4 Å². The molecule has 0 radical (unpaired) electrons. The molecule has 0 bridgehead atoms. The molecular formula is C31H44F4N4O9S. The number of carboxylic acid groups (broad SMARTS) is 1. The van der Waals surface area contributed by atoms with Crippen LogP contribution in [0.2, 0.25) is 0 Å². The molecule has 0 aliphatic carbocycles. The van der Waals surface area contributed by atoms with Crippen LogP contribution in [0, 0.1) is 23.5 Å². The molecule has 0 spiro atoms. The summed E-state index contributed by atoms with van der Waals surface area (Å²) < 4.78 is 86.8. The minimum atomic E-state index is -3.83. The monoisotopic (exact) mass is 724 g/mol. The lowest BCUT2D eigenvalue weighted by molar-refractivity contribution is -0.141. The second kappa shape index (κ2) is 18.2. The minimum Gasteiger partial charge on any atom is -0.478 e. The Bertz CT molecular complexity index is 1450. The van der Waals surface area contributed by atoms with Gasteiger partial charge < -0.3 is 30.7 Å². The SMILES string of the molecule is CCCS(=O)(=O)[C@@H]1C[C@@H](C(=O)N[C@@H](CC(F)F)C(=O)NCCc2c(F)cc(C(=O)O)cc2F)N(C(=O)[C@@H](NC(=O)OCC(C)C)C(C)C)C1. The van der Waals surface area contributed by atoms with E-state index < -0.39 is 130 Å². The fraction of sp³-hybridized carbons (Fsp3) is 0.645. The van der Waals surface area contributed by atoms with Gasteiger partial charge in [-0.25, -0.2) is 35.6 Å². The van der Waals surface area contributed by atoms with Crippen LogP contribution in [0.1, 0.15) is 69.8 Å². The Morgan fingerprint density at radius 3 is 2.16 bits per heavy atom. The van der Waals surface area contributed by atoms with Crippen LogP contribution in [-0.4, -0.2) is 103 Å². The lowest BCUT2D eigenvalue weighted by Crippen LogP contribution is -2.57. The van der Waals surface area contributed by atoms with Crippen LogP contribution in [0.3, 0.4) is 0 Å². The number of alkyl halides is 2. The molecule has 1 aliphatic rings. The summed E-state index contributed by atoms with van der Waals surface area (Å²) in [6.07, 6.45) is -5.87. The molecule has 2 rings (SSSR count). The third kappa shape index (κ3) is 11.9. The summed E-state index contributed by atoms with van der Waals surface area (Å²) in [7, 11) is -3.83. The van der Waals surface area contributed by atoms with Gasteiger partial charge in [0.15, 0.2) is 9.84 Å². The van der Waals surface area contributed by atoms with E-state index in [1.807, 2.05) is 0 Å². The molecule has 1 aromatic rings. The lowest BCUT2D eigenvalue weighted by atomic mass is 10.0. The maximum Gasteiger partial charge on any atom is 0.407 e. The second-order valence-corrected chi connectivity index (χ2v) is 14.9. The number of carbonyl (C=O) groups excluding carboxylic acids is 4. The number of sulfone groups is 1. The van der Waals surface area contributed by atoms with E-state index >= 15 is 0 Å². The number of ether oxygens (including phenoxy) is 1. The summed E-state index contributed by atoms with van der Waals surface area (Å²) in [5.74, 6) is -7.87. The second-order valence-electron chi connectivity index (χ2n) is 12.5. The number of alkyl carbamates (subject to hydrolysis) is 1. The molecule has 0 unspecified atom stereocenters. The highest BCUT2D eigenvalue weighted by atomic mass is 32.2. The number of carboxylic acids is 1. The molecule has 1 aromatic carbocycles. The van der Waals surface area contributed by atoms with Crippen molar-refractivity contribution in [2.75, 3.05) is 25.4 Å². The number of aromatic carboxylic acids is 1. The molecule has 1 saturated heterocycles. The van der Waals surface area contributed by atoms with Gasteiger partial charge in [-0.1, -0.05) is 34.6 Å². The van der Waals surface area contributed by atoms with Crippen molar-refractivity contribution in [1.29, 1.82) is 0 Å². The third-order valence-electron chi connectivity index (χ3n) is 7.71. The van der Waals surface area contributed by atoms with Crippen molar-refractivity contribution in [3.63, 3.8) is 0 Å². The van der Waals surface area contributed by atoms with Gasteiger partial charge in [-0.2, -0.15) is 0 Å². The molecule has 1 aliphatic heterocycles. The standard InChI is InChI=1S/C31H44F4N4O9S/c1-6-9-49(46,47)19-12-24(39(14-19)29(42)26(17(4)5)38-31(45)48-15-16(2)3)28(41)37-23(13-25(34)35)27(40)36-8-7-20-21(32)10-18(30(43)44)11-22(20)33/h10-11,16-17,19,23-26H,6-9,12-15H2,1-5H3,(H,36,40)(H,37,41)(H,38,45)(H,43,44)/t19-,23+,24+,26+/m1/s1. The number of halogens is 4. The zero-order chi connectivity index (χ0) is 37.2. The van der Waals surface area contributed by atoms with E-state index in [2.05, 4.69) is 16.0 Å². The number of hydrogen-bond acceptors (Lipinski definition) is 8. The topological polar surface area (TPSA) is 188 Å². The van der Waals surface area contributed by atoms with Gasteiger partial charge in [0.05, 0.1) is 23.2 Å². The third-order valence-corrected chi connectivity index (χ3v) is 10.0. The molecule has 276 valence electrons. The largest absolute Gasteiger partial charge is 0.478 e. The van der Waals surface area contributed by atoms with Crippen molar-refractivity contribution >= 4 is 39.6 Å². The van der Waals surface area contributed by atoms with Gasteiger partial charge in [-0.15, -0.1) is 0 Å². The molecule has 0 aromatic heterocycles. The van der Waals surface area contributed by atoms with Crippen molar-refractivity contribution < 1.29 is 59.8 Å². The summed E-state index contributed by atoms with van der Waals surface area (Å²) in [4.78, 5) is 64.7. The van der Waals surface area contributed by atoms with Gasteiger partial charge in [0.1, 0.15) is 29.8 Å². The summed E-state index contributed by atoms with van der Waals surface area (Å²) in [6, 6.07) is -3.52. The average Bonchev–Trinajstić information content (AvgIpc) is 3.46. The van der Waals surface area contributed by atoms with Gasteiger partial charge in [0.2, 0.25) is 24.1 Å². The summed E-state index contributed by atoms with van der Waals surface area (Å²) in [5.41, 5.74) is -1.21. The van der Waals surface area contributed by atoms with E-state index in [0.717, 1.165) is 4.90 Å². The first kappa shape index (κ1) is 41.2. The number of amides is 4. The Labute approximate surface area is 282 Å². The smallest absolute Gasteiger partial charge is 0.407 e. The Hall–Kier alpha value is -3.96. The van der Waals surface area contributed by atoms with Crippen LogP contribution in [0.4, 0.5) is 22.4 Å². The van der Waals surface area contributed by atoms with Gasteiger partial charge >= 0.3 is 12.1 Å². The van der Waals surface area contributed by atoms with Crippen LogP contribution in [0.25, 0.3) is 0 Å². The van der Waals surface area contributed by atoms with Crippen LogP contribution in [0.5, 0.6) is 0 Å². The molecule has 1 heterocycles. The number of nitrogens with zero attached hydrogens (tertiary/aromatic N) is 1. The Kier molecular flexibility index (Phi) is 15.3. The quantitative estimate of drug-likeness (QED) is 0.175. The molecule has 49 heavy (non-hydrogen) atoms. The average molecular weight is 725 g/mol. The first-order valence-corrected chi connectivity index (χ1v) is 17.5. The zero-order valence-electron chi connectivity index (χ0n) is 27.9. The molecule has 4 atom stereocenters. The van der Waals surface area contributed by atoms with Crippen molar-refractivity contribution in [1.82, 2.24) is 20.9 Å². The molecule has 4 N–H and O–H groups in total. The summed E-state index contributed by atoms with van der Waals surface area (Å²) in [5, 5.41) is 14.6. The Balaban J connectivity index is 2.29. The summed E-state index contributed by atoms with van der Waals surface area (Å²) in [6.45, 7) is 7.54. The van der Waals surface area contributed by atoms with E-state index in [0.29, 0.717) is 12.1 Å². The van der Waals surface area contributed by atoms with Gasteiger partial charge in [-0.05, 0) is 43.2 Å². The van der Waals surface area contributed by atoms with Gasteiger partial charge in [0, 0.05) is 25.1 Å². The fourth-order valence-electron chi connectivity index (χ4n) is 5.18. The number of hydrogen-bond donors (Lipinski definition) is 4. The molecule has 0 saturated carbocycles. The fourth-order valence-corrected chi connectivity index (χ4v) is 6.95. The van der Waals surface area contributed by atoms with E-state index in [-0.39, 0.29) is 24.7 Å². The van der Waals surface area contributed by atoms with Crippen LogP contribution in [-0.2, 0) is 35.4 Å². The molecule has 1 fully saturated rings. The predicted octanol–water partition coefficient (Wildman–Crippen LogP) is 2.66. The molecule has 13 nitrogen and oxygen atoms in total. The number of carbonyl (C=O) groups is 5. The van der Waals surface area contributed by atoms with Crippen molar-refractivity contribution in [3.05, 3.63) is 34.9 Å². The zero-order valence-corrected chi connectivity index (χ0v) is 28.8. The molecule has 4 amide bonds. The van der Waals surface area contributed by atoms with Crippen molar-refractivity contribution in [2.24, 2.45) is 11.8 Å². The number of nitrogens with one attached hydrogen (secondary N) is 3. The first-order chi connectivity index (χ1) is 22.8. The predicted molar refractivity (Wildman–Crippen MR) is 169 cm³/mol. The van der Waals surface area contributed by atoms with Crippen molar-refractivity contribution in [3.8, 4) is 0 Å². The van der Waals surface area contributed by atoms with E-state index in [4.69, 9.17) is 9.84 Å². The number of likely N-dealkylation sites (tertiary alicyclic amines) is 1. The normalized spacial score (nSPS) is 17.6. The highest BCUT2D eigenvalue weighted by Crippen LogP contribution is 2.27. The highest BCUT2D eigenvalue weighted by molar-refractivity contribution is 7.92. The molecule has 18 heteroatoms. The maximum atomic E-state index is 14.3. The molecular weight excluding hydrogens is 680 g/mol. The highest BCUT2D eigenvalue weighted by Gasteiger charge is 2.47.